The highest BCUT2D eigenvalue weighted by atomic mass is 35.5. The van der Waals surface area contributed by atoms with E-state index in [2.05, 4.69) is 15.3 Å². The SMILES string of the molecule is Cc1cc2[nH]cnc2cc1-c1ccc(CNCCC2CCCCC2)cc1F.Cl.Cl. The molecule has 1 heterocycles. The second kappa shape index (κ2) is 11.0. The number of halogens is 3. The van der Waals surface area contributed by atoms with Crippen LogP contribution in [0.4, 0.5) is 4.39 Å². The van der Waals surface area contributed by atoms with Gasteiger partial charge in [-0.3, -0.25) is 0 Å². The maximum atomic E-state index is 14.8. The van der Waals surface area contributed by atoms with Gasteiger partial charge in [0.25, 0.3) is 0 Å². The number of hydrogen-bond donors (Lipinski definition) is 2. The van der Waals surface area contributed by atoms with E-state index in [1.54, 1.807) is 12.4 Å². The molecule has 0 atom stereocenters. The fraction of sp³-hybridized carbons (Fsp3) is 0.435. The first-order valence-electron chi connectivity index (χ1n) is 10.1. The van der Waals surface area contributed by atoms with Gasteiger partial charge in [0.15, 0.2) is 0 Å². The number of aromatic nitrogens is 2. The Morgan fingerprint density at radius 3 is 2.62 bits per heavy atom. The molecule has 1 fully saturated rings. The molecule has 1 aliphatic carbocycles. The van der Waals surface area contributed by atoms with Crippen molar-refractivity contribution in [2.75, 3.05) is 6.54 Å². The van der Waals surface area contributed by atoms with Crippen LogP contribution in [0.15, 0.2) is 36.7 Å². The maximum Gasteiger partial charge on any atom is 0.131 e. The number of nitrogens with one attached hydrogen (secondary N) is 2. The molecule has 0 bridgehead atoms. The number of rotatable bonds is 6. The van der Waals surface area contributed by atoms with Crippen LogP contribution in [0, 0.1) is 18.7 Å². The Labute approximate surface area is 184 Å². The monoisotopic (exact) mass is 437 g/mol. The van der Waals surface area contributed by atoms with Crippen LogP contribution in [0.1, 0.15) is 49.7 Å². The molecule has 4 rings (SSSR count). The number of aryl methyl sites for hydroxylation is 1. The average Bonchev–Trinajstić information content (AvgIpc) is 3.13. The fourth-order valence-electron chi connectivity index (χ4n) is 4.28. The van der Waals surface area contributed by atoms with E-state index in [4.69, 9.17) is 0 Å². The number of hydrogen-bond acceptors (Lipinski definition) is 2. The van der Waals surface area contributed by atoms with Crippen LogP contribution < -0.4 is 5.32 Å². The predicted molar refractivity (Wildman–Crippen MR) is 124 cm³/mol. The Bertz CT molecular complexity index is 920. The summed E-state index contributed by atoms with van der Waals surface area (Å²) in [5.41, 5.74) is 5.44. The number of aromatic amines is 1. The number of imidazole rings is 1. The number of fused-ring (bicyclic) bond motifs is 1. The highest BCUT2D eigenvalue weighted by molar-refractivity contribution is 5.86. The molecular weight excluding hydrogens is 408 g/mol. The minimum atomic E-state index is -0.167. The zero-order valence-corrected chi connectivity index (χ0v) is 18.5. The minimum Gasteiger partial charge on any atom is -0.345 e. The van der Waals surface area contributed by atoms with Crippen molar-refractivity contribution in [3.05, 3.63) is 53.6 Å². The van der Waals surface area contributed by atoms with Crippen LogP contribution >= 0.6 is 24.8 Å². The summed E-state index contributed by atoms with van der Waals surface area (Å²) in [6.45, 7) is 3.75. The normalized spacial score (nSPS) is 14.4. The summed E-state index contributed by atoms with van der Waals surface area (Å²) < 4.78 is 14.8. The highest BCUT2D eigenvalue weighted by Crippen LogP contribution is 2.30. The van der Waals surface area contributed by atoms with Gasteiger partial charge in [-0.1, -0.05) is 44.2 Å². The van der Waals surface area contributed by atoms with Crippen molar-refractivity contribution in [3.63, 3.8) is 0 Å². The van der Waals surface area contributed by atoms with E-state index >= 15 is 0 Å². The van der Waals surface area contributed by atoms with E-state index in [1.807, 2.05) is 31.2 Å². The van der Waals surface area contributed by atoms with Gasteiger partial charge < -0.3 is 10.3 Å². The van der Waals surface area contributed by atoms with Gasteiger partial charge in [0.05, 0.1) is 17.4 Å². The molecule has 0 spiro atoms. The van der Waals surface area contributed by atoms with Crippen molar-refractivity contribution in [1.82, 2.24) is 15.3 Å². The Balaban J connectivity index is 0.00000150. The van der Waals surface area contributed by atoms with Gasteiger partial charge in [0.2, 0.25) is 0 Å². The van der Waals surface area contributed by atoms with Crippen LogP contribution in [-0.4, -0.2) is 16.5 Å². The Morgan fingerprint density at radius 1 is 1.07 bits per heavy atom. The fourth-order valence-corrected chi connectivity index (χ4v) is 4.28. The molecule has 6 heteroatoms. The summed E-state index contributed by atoms with van der Waals surface area (Å²) in [6, 6.07) is 9.57. The lowest BCUT2D eigenvalue weighted by Crippen LogP contribution is -2.19. The van der Waals surface area contributed by atoms with Crippen molar-refractivity contribution < 1.29 is 4.39 Å². The van der Waals surface area contributed by atoms with Gasteiger partial charge in [-0.2, -0.15) is 0 Å². The summed E-state index contributed by atoms with van der Waals surface area (Å²) in [7, 11) is 0. The quantitative estimate of drug-likeness (QED) is 0.427. The predicted octanol–water partition coefficient (Wildman–Crippen LogP) is 6.58. The maximum absolute atomic E-state index is 14.8. The Hall–Kier alpha value is -1.62. The van der Waals surface area contributed by atoms with Crippen molar-refractivity contribution in [2.45, 2.75) is 52.0 Å². The van der Waals surface area contributed by atoms with Gasteiger partial charge in [0, 0.05) is 12.1 Å². The van der Waals surface area contributed by atoms with E-state index in [0.29, 0.717) is 5.56 Å². The van der Waals surface area contributed by atoms with Gasteiger partial charge in [0.1, 0.15) is 5.82 Å². The molecule has 3 aromatic rings. The summed E-state index contributed by atoms with van der Waals surface area (Å²) >= 11 is 0. The van der Waals surface area contributed by atoms with Gasteiger partial charge in [-0.05, 0) is 60.7 Å². The molecule has 0 saturated heterocycles. The molecule has 158 valence electrons. The highest BCUT2D eigenvalue weighted by Gasteiger charge is 2.13. The average molecular weight is 438 g/mol. The first kappa shape index (κ1) is 23.7. The Kier molecular flexibility index (Phi) is 8.94. The van der Waals surface area contributed by atoms with Crippen LogP contribution in [0.2, 0.25) is 0 Å². The zero-order valence-electron chi connectivity index (χ0n) is 16.8. The molecular formula is C23H30Cl2FN3. The van der Waals surface area contributed by atoms with E-state index in [9.17, 15) is 4.39 Å². The molecule has 0 unspecified atom stereocenters. The Morgan fingerprint density at radius 2 is 1.86 bits per heavy atom. The molecule has 0 amide bonds. The lowest BCUT2D eigenvalue weighted by Gasteiger charge is -2.21. The third-order valence-electron chi connectivity index (χ3n) is 5.87. The standard InChI is InChI=1S/C23H28FN3.2ClH/c1-16-11-22-23(27-15-26-22)13-20(16)19-8-7-18(12-21(19)24)14-25-10-9-17-5-3-2-4-6-17;;/h7-8,11-13,15,17,25H,2-6,9-10,14H2,1H3,(H,26,27);2*1H. The van der Waals surface area contributed by atoms with E-state index in [0.717, 1.165) is 46.7 Å². The molecule has 1 saturated carbocycles. The summed E-state index contributed by atoms with van der Waals surface area (Å²) in [5.74, 6) is 0.713. The second-order valence-corrected chi connectivity index (χ2v) is 7.87. The minimum absolute atomic E-state index is 0. The van der Waals surface area contributed by atoms with Crippen molar-refractivity contribution >= 4 is 35.8 Å². The first-order chi connectivity index (χ1) is 13.2. The van der Waals surface area contributed by atoms with Gasteiger partial charge >= 0.3 is 0 Å². The molecule has 2 N–H and O–H groups in total. The van der Waals surface area contributed by atoms with Crippen LogP contribution in [0.3, 0.4) is 0 Å². The van der Waals surface area contributed by atoms with Crippen LogP contribution in [-0.2, 0) is 6.54 Å². The molecule has 3 nitrogen and oxygen atoms in total. The summed E-state index contributed by atoms with van der Waals surface area (Å²) in [6.07, 6.45) is 9.86. The van der Waals surface area contributed by atoms with E-state index in [1.165, 1.54) is 38.5 Å². The van der Waals surface area contributed by atoms with E-state index in [-0.39, 0.29) is 30.6 Å². The van der Waals surface area contributed by atoms with Crippen LogP contribution in [0.25, 0.3) is 22.2 Å². The van der Waals surface area contributed by atoms with Gasteiger partial charge in [-0.15, -0.1) is 24.8 Å². The lowest BCUT2D eigenvalue weighted by atomic mass is 9.87. The molecule has 2 aromatic carbocycles. The van der Waals surface area contributed by atoms with E-state index < -0.39 is 0 Å². The largest absolute Gasteiger partial charge is 0.345 e. The third kappa shape index (κ3) is 5.71. The topological polar surface area (TPSA) is 40.7 Å². The molecule has 1 aliphatic rings. The lowest BCUT2D eigenvalue weighted by molar-refractivity contribution is 0.334. The molecule has 29 heavy (non-hydrogen) atoms. The van der Waals surface area contributed by atoms with Crippen molar-refractivity contribution in [2.24, 2.45) is 5.92 Å². The zero-order chi connectivity index (χ0) is 18.6. The van der Waals surface area contributed by atoms with Crippen LogP contribution in [0.5, 0.6) is 0 Å². The number of nitrogens with zero attached hydrogens (tertiary/aromatic N) is 1. The third-order valence-corrected chi connectivity index (χ3v) is 5.87. The summed E-state index contributed by atoms with van der Waals surface area (Å²) in [5, 5.41) is 3.49. The molecule has 0 radical (unpaired) electrons. The van der Waals surface area contributed by atoms with Crippen molar-refractivity contribution in [3.8, 4) is 11.1 Å². The molecule has 1 aromatic heterocycles. The smallest absolute Gasteiger partial charge is 0.131 e. The first-order valence-corrected chi connectivity index (χ1v) is 10.1. The van der Waals surface area contributed by atoms with Gasteiger partial charge in [-0.25, -0.2) is 9.37 Å². The van der Waals surface area contributed by atoms with Crippen molar-refractivity contribution in [1.29, 1.82) is 0 Å². The number of H-pyrrole nitrogens is 1. The molecule has 0 aliphatic heterocycles. The number of benzene rings is 2. The second-order valence-electron chi connectivity index (χ2n) is 7.87. The summed E-state index contributed by atoms with van der Waals surface area (Å²) in [4.78, 5) is 7.40.